The van der Waals surface area contributed by atoms with E-state index in [4.69, 9.17) is 46.4 Å². The lowest BCUT2D eigenvalue weighted by molar-refractivity contribution is -0.114. The molecule has 0 bridgehead atoms. The van der Waals surface area contributed by atoms with Gasteiger partial charge in [0.05, 0.1) is 26.1 Å². The maximum Gasteiger partial charge on any atom is 0.180 e. The highest BCUT2D eigenvalue weighted by atomic mass is 35.5. The Morgan fingerprint density at radius 2 is 1.29 bits per heavy atom. The lowest BCUT2D eigenvalue weighted by atomic mass is 10.1. The molecule has 2 aromatic carbocycles. The Kier molecular flexibility index (Phi) is 5.26. The van der Waals surface area contributed by atoms with Crippen LogP contribution in [0.3, 0.4) is 0 Å². The Labute approximate surface area is 159 Å². The molecule has 0 saturated carbocycles. The Morgan fingerprint density at radius 1 is 0.750 bits per heavy atom. The Hall–Kier alpha value is -1.39. The van der Waals surface area contributed by atoms with Crippen molar-refractivity contribution in [2.75, 3.05) is 10.6 Å². The predicted octanol–water partition coefficient (Wildman–Crippen LogP) is 5.70. The molecule has 124 valence electrons. The van der Waals surface area contributed by atoms with Gasteiger partial charge in [-0.3, -0.25) is 4.79 Å². The first-order valence-corrected chi connectivity index (χ1v) is 8.60. The zero-order valence-electron chi connectivity index (χ0n) is 12.2. The van der Waals surface area contributed by atoms with Gasteiger partial charge in [0.15, 0.2) is 5.78 Å². The molecular formula is C17H12Cl4N2O. The Bertz CT molecular complexity index is 822. The number of hydrogen-bond donors (Lipinski definition) is 2. The average molecular weight is 402 g/mol. The van der Waals surface area contributed by atoms with Gasteiger partial charge in [-0.2, -0.15) is 0 Å². The number of halogens is 4. The highest BCUT2D eigenvalue weighted by molar-refractivity contribution is 6.42. The SMILES string of the molecule is O=C1C=CC(Nc2ccc(Cl)c(Cl)c2)C1Nc1ccc(Cl)c(Cl)c1. The average Bonchev–Trinajstić information content (AvgIpc) is 2.87. The van der Waals surface area contributed by atoms with Crippen molar-refractivity contribution in [3.63, 3.8) is 0 Å². The summed E-state index contributed by atoms with van der Waals surface area (Å²) in [5.41, 5.74) is 1.49. The van der Waals surface area contributed by atoms with E-state index in [0.29, 0.717) is 25.8 Å². The molecule has 24 heavy (non-hydrogen) atoms. The van der Waals surface area contributed by atoms with Gasteiger partial charge in [0.1, 0.15) is 6.04 Å². The highest BCUT2D eigenvalue weighted by Gasteiger charge is 2.30. The lowest BCUT2D eigenvalue weighted by Gasteiger charge is -2.23. The first-order valence-electron chi connectivity index (χ1n) is 7.09. The molecule has 1 aliphatic rings. The molecule has 0 fully saturated rings. The quantitative estimate of drug-likeness (QED) is 0.690. The van der Waals surface area contributed by atoms with Crippen LogP contribution in [0.1, 0.15) is 0 Å². The number of benzene rings is 2. The van der Waals surface area contributed by atoms with E-state index in [1.54, 1.807) is 48.6 Å². The van der Waals surface area contributed by atoms with Gasteiger partial charge in [-0.25, -0.2) is 0 Å². The second-order valence-electron chi connectivity index (χ2n) is 5.31. The number of nitrogens with one attached hydrogen (secondary N) is 2. The minimum absolute atomic E-state index is 0.0290. The molecule has 2 N–H and O–H groups in total. The molecular weight excluding hydrogens is 390 g/mol. The van der Waals surface area contributed by atoms with Gasteiger partial charge in [0.2, 0.25) is 0 Å². The van der Waals surface area contributed by atoms with E-state index in [2.05, 4.69) is 10.6 Å². The molecule has 0 saturated heterocycles. The van der Waals surface area contributed by atoms with Crippen molar-refractivity contribution in [3.8, 4) is 0 Å². The molecule has 2 aromatic rings. The van der Waals surface area contributed by atoms with Gasteiger partial charge in [-0.15, -0.1) is 0 Å². The van der Waals surface area contributed by atoms with Crippen LogP contribution in [0, 0.1) is 0 Å². The zero-order valence-corrected chi connectivity index (χ0v) is 15.2. The van der Waals surface area contributed by atoms with E-state index in [-0.39, 0.29) is 11.8 Å². The van der Waals surface area contributed by atoms with Crippen LogP contribution in [0.15, 0.2) is 48.6 Å². The summed E-state index contributed by atoms with van der Waals surface area (Å²) in [6.07, 6.45) is 3.35. The molecule has 0 heterocycles. The summed E-state index contributed by atoms with van der Waals surface area (Å²) < 4.78 is 0. The van der Waals surface area contributed by atoms with Crippen LogP contribution in [-0.4, -0.2) is 17.9 Å². The number of ketones is 1. The summed E-state index contributed by atoms with van der Waals surface area (Å²) in [6.45, 7) is 0. The fourth-order valence-corrected chi connectivity index (χ4v) is 3.02. The van der Waals surface area contributed by atoms with E-state index in [1.807, 2.05) is 0 Å². The first kappa shape index (κ1) is 17.4. The van der Waals surface area contributed by atoms with Crippen molar-refractivity contribution in [1.82, 2.24) is 0 Å². The zero-order chi connectivity index (χ0) is 17.3. The smallest absolute Gasteiger partial charge is 0.180 e. The van der Waals surface area contributed by atoms with Crippen molar-refractivity contribution in [3.05, 3.63) is 68.6 Å². The number of anilines is 2. The highest BCUT2D eigenvalue weighted by Crippen LogP contribution is 2.28. The normalized spacial score (nSPS) is 19.6. The molecule has 2 atom stereocenters. The summed E-state index contributed by atoms with van der Waals surface area (Å²) in [7, 11) is 0. The van der Waals surface area contributed by atoms with Gasteiger partial charge in [-0.05, 0) is 42.5 Å². The molecule has 0 aliphatic heterocycles. The van der Waals surface area contributed by atoms with E-state index < -0.39 is 6.04 Å². The lowest BCUT2D eigenvalue weighted by Crippen LogP contribution is -2.39. The van der Waals surface area contributed by atoms with Crippen LogP contribution in [0.2, 0.25) is 20.1 Å². The number of hydrogen-bond acceptors (Lipinski definition) is 3. The third kappa shape index (κ3) is 3.81. The molecule has 0 amide bonds. The third-order valence-electron chi connectivity index (χ3n) is 3.63. The summed E-state index contributed by atoms with van der Waals surface area (Å²) >= 11 is 23.9. The maximum absolute atomic E-state index is 12.2. The molecule has 2 unspecified atom stereocenters. The molecule has 3 nitrogen and oxygen atoms in total. The minimum atomic E-state index is -0.461. The number of carbonyl (C=O) groups is 1. The van der Waals surface area contributed by atoms with Gasteiger partial charge in [-0.1, -0.05) is 52.5 Å². The van der Waals surface area contributed by atoms with Gasteiger partial charge >= 0.3 is 0 Å². The van der Waals surface area contributed by atoms with Crippen molar-refractivity contribution in [2.45, 2.75) is 12.1 Å². The van der Waals surface area contributed by atoms with Crippen LogP contribution < -0.4 is 10.6 Å². The second kappa shape index (κ2) is 7.24. The largest absolute Gasteiger partial charge is 0.376 e. The van der Waals surface area contributed by atoms with Crippen LogP contribution in [0.4, 0.5) is 11.4 Å². The van der Waals surface area contributed by atoms with Crippen LogP contribution in [-0.2, 0) is 4.79 Å². The molecule has 7 heteroatoms. The summed E-state index contributed by atoms with van der Waals surface area (Å²) in [5.74, 6) is -0.0290. The standard InChI is InChI=1S/C17H12Cl4N2O/c18-11-3-1-9(7-13(11)20)22-15-5-6-16(24)17(15)23-10-2-4-12(19)14(21)8-10/h1-8,15,17,22-23H. The molecule has 1 aliphatic carbocycles. The molecule has 0 aromatic heterocycles. The number of carbonyl (C=O) groups excluding carboxylic acids is 1. The summed E-state index contributed by atoms with van der Waals surface area (Å²) in [4.78, 5) is 12.2. The Balaban J connectivity index is 1.77. The van der Waals surface area contributed by atoms with Gasteiger partial charge in [0, 0.05) is 11.4 Å². The van der Waals surface area contributed by atoms with E-state index in [0.717, 1.165) is 5.69 Å². The van der Waals surface area contributed by atoms with E-state index in [1.165, 1.54) is 0 Å². The number of rotatable bonds is 4. The van der Waals surface area contributed by atoms with Crippen molar-refractivity contribution < 1.29 is 4.79 Å². The fourth-order valence-electron chi connectivity index (χ4n) is 2.43. The summed E-state index contributed by atoms with van der Waals surface area (Å²) in [6, 6.07) is 9.68. The minimum Gasteiger partial charge on any atom is -0.376 e. The summed E-state index contributed by atoms with van der Waals surface area (Å²) in [5, 5.41) is 8.25. The van der Waals surface area contributed by atoms with Gasteiger partial charge in [0.25, 0.3) is 0 Å². The van der Waals surface area contributed by atoms with Crippen molar-refractivity contribution >= 4 is 63.6 Å². The predicted molar refractivity (Wildman–Crippen MR) is 102 cm³/mol. The fraction of sp³-hybridized carbons (Fsp3) is 0.118. The van der Waals surface area contributed by atoms with E-state index in [9.17, 15) is 4.79 Å². The molecule has 0 radical (unpaired) electrons. The van der Waals surface area contributed by atoms with Crippen molar-refractivity contribution in [2.24, 2.45) is 0 Å². The van der Waals surface area contributed by atoms with Crippen molar-refractivity contribution in [1.29, 1.82) is 0 Å². The van der Waals surface area contributed by atoms with E-state index >= 15 is 0 Å². The second-order valence-corrected chi connectivity index (χ2v) is 6.94. The monoisotopic (exact) mass is 400 g/mol. The third-order valence-corrected chi connectivity index (χ3v) is 5.11. The van der Waals surface area contributed by atoms with Crippen LogP contribution in [0.5, 0.6) is 0 Å². The topological polar surface area (TPSA) is 41.1 Å². The molecule has 3 rings (SSSR count). The first-order chi connectivity index (χ1) is 11.4. The Morgan fingerprint density at radius 3 is 1.83 bits per heavy atom. The van der Waals surface area contributed by atoms with Crippen LogP contribution in [0.25, 0.3) is 0 Å². The van der Waals surface area contributed by atoms with Crippen LogP contribution >= 0.6 is 46.4 Å². The van der Waals surface area contributed by atoms with Gasteiger partial charge < -0.3 is 10.6 Å². The molecule has 0 spiro atoms. The maximum atomic E-state index is 12.2.